The molecule has 0 aromatic carbocycles. The van der Waals surface area contributed by atoms with E-state index in [1.807, 2.05) is 0 Å². The summed E-state index contributed by atoms with van der Waals surface area (Å²) in [7, 11) is 1.31. The molecule has 2 bridgehead atoms. The number of aromatic nitrogens is 1. The Bertz CT molecular complexity index is 785. The normalized spacial score (nSPS) is 25.7. The fourth-order valence-electron chi connectivity index (χ4n) is 3.52. The number of piperidine rings is 1. The number of nitrogens with zero attached hydrogens (tertiary/aromatic N) is 2. The quantitative estimate of drug-likeness (QED) is 0.852. The number of fused-ring (bicyclic) bond motifs is 3. The Morgan fingerprint density at radius 1 is 1.43 bits per heavy atom. The molecule has 1 amide bonds. The smallest absolute Gasteiger partial charge is 0.341 e. The molecule has 0 spiro atoms. The lowest BCUT2D eigenvalue weighted by Crippen LogP contribution is -2.43. The fraction of sp³-hybridized carbons (Fsp3) is 0.438. The summed E-state index contributed by atoms with van der Waals surface area (Å²) in [6, 6.07) is 1.76. The minimum Gasteiger partial charge on any atom is -0.465 e. The zero-order chi connectivity index (χ0) is 16.0. The van der Waals surface area contributed by atoms with Crippen LogP contribution in [0.1, 0.15) is 27.3 Å². The van der Waals surface area contributed by atoms with Crippen molar-refractivity contribution in [1.29, 1.82) is 0 Å². The maximum absolute atomic E-state index is 12.5. The van der Waals surface area contributed by atoms with E-state index in [9.17, 15) is 9.59 Å². The SMILES string of the molecule is COC(=O)c1coc2cnc(C(=O)NC3CN4CC[C@H]3C4)cc12. The van der Waals surface area contributed by atoms with Crippen LogP contribution in [0, 0.1) is 5.92 Å². The molecule has 3 atom stereocenters. The van der Waals surface area contributed by atoms with Crippen molar-refractivity contribution in [3.63, 3.8) is 0 Å². The van der Waals surface area contributed by atoms with E-state index in [2.05, 4.69) is 15.2 Å². The molecule has 1 N–H and O–H groups in total. The highest BCUT2D eigenvalue weighted by molar-refractivity contribution is 6.05. The van der Waals surface area contributed by atoms with Gasteiger partial charge in [0.2, 0.25) is 0 Å². The Kier molecular flexibility index (Phi) is 3.30. The molecule has 7 nitrogen and oxygen atoms in total. The molecule has 2 fully saturated rings. The second-order valence-electron chi connectivity index (χ2n) is 6.09. The van der Waals surface area contributed by atoms with Crippen molar-refractivity contribution in [2.75, 3.05) is 26.7 Å². The standard InChI is InChI=1S/C16H17N3O4/c1-22-16(21)11-8-23-14-5-17-12(4-10(11)14)15(20)18-13-7-19-3-2-9(13)6-19/h4-5,8-9,13H,2-3,6-7H2,1H3,(H,18,20)/t9-,13?/m0/s1. The van der Waals surface area contributed by atoms with E-state index in [0.717, 1.165) is 26.1 Å². The number of ether oxygens (including phenoxy) is 1. The number of furan rings is 1. The van der Waals surface area contributed by atoms with Gasteiger partial charge in [-0.3, -0.25) is 4.79 Å². The Hall–Kier alpha value is -2.41. The van der Waals surface area contributed by atoms with Crippen LogP contribution in [-0.4, -0.2) is 54.5 Å². The second kappa shape index (κ2) is 5.34. The van der Waals surface area contributed by atoms with Crippen LogP contribution in [0.15, 0.2) is 22.9 Å². The monoisotopic (exact) mass is 315 g/mol. The van der Waals surface area contributed by atoms with Crippen molar-refractivity contribution < 1.29 is 18.7 Å². The molecule has 4 heterocycles. The van der Waals surface area contributed by atoms with E-state index in [1.165, 1.54) is 19.6 Å². The van der Waals surface area contributed by atoms with Crippen LogP contribution in [0.4, 0.5) is 0 Å². The maximum Gasteiger partial charge on any atom is 0.341 e. The number of esters is 1. The first-order valence-corrected chi connectivity index (χ1v) is 7.64. The van der Waals surface area contributed by atoms with Crippen molar-refractivity contribution >= 4 is 22.8 Å². The van der Waals surface area contributed by atoms with Crippen LogP contribution in [0.3, 0.4) is 0 Å². The molecule has 4 rings (SSSR count). The average molecular weight is 315 g/mol. The molecule has 2 aliphatic rings. The van der Waals surface area contributed by atoms with E-state index < -0.39 is 5.97 Å². The van der Waals surface area contributed by atoms with Crippen LogP contribution >= 0.6 is 0 Å². The lowest BCUT2D eigenvalue weighted by molar-refractivity contribution is 0.0601. The summed E-state index contributed by atoms with van der Waals surface area (Å²) in [5.41, 5.74) is 1.03. The van der Waals surface area contributed by atoms with Crippen LogP contribution in [-0.2, 0) is 4.74 Å². The Labute approximate surface area is 132 Å². The molecule has 2 unspecified atom stereocenters. The Morgan fingerprint density at radius 3 is 3.00 bits per heavy atom. The topological polar surface area (TPSA) is 84.7 Å². The van der Waals surface area contributed by atoms with Gasteiger partial charge in [0, 0.05) is 24.5 Å². The molecular weight excluding hydrogens is 298 g/mol. The number of hydrogen-bond acceptors (Lipinski definition) is 6. The molecule has 0 radical (unpaired) electrons. The van der Waals surface area contributed by atoms with Gasteiger partial charge in [-0.05, 0) is 24.9 Å². The van der Waals surface area contributed by atoms with Crippen LogP contribution < -0.4 is 5.32 Å². The molecule has 2 aliphatic heterocycles. The molecule has 2 saturated heterocycles. The van der Waals surface area contributed by atoms with Crippen molar-refractivity contribution in [2.24, 2.45) is 5.92 Å². The summed E-state index contributed by atoms with van der Waals surface area (Å²) in [5, 5.41) is 3.59. The summed E-state index contributed by atoms with van der Waals surface area (Å²) in [4.78, 5) is 30.7. The third-order valence-electron chi connectivity index (χ3n) is 4.75. The van der Waals surface area contributed by atoms with Crippen LogP contribution in [0.25, 0.3) is 11.0 Å². The highest BCUT2D eigenvalue weighted by Gasteiger charge is 2.38. The Balaban J connectivity index is 1.58. The molecule has 0 saturated carbocycles. The van der Waals surface area contributed by atoms with Gasteiger partial charge in [0.15, 0.2) is 5.58 Å². The van der Waals surface area contributed by atoms with Crippen molar-refractivity contribution in [2.45, 2.75) is 12.5 Å². The molecule has 0 aliphatic carbocycles. The van der Waals surface area contributed by atoms with Crippen molar-refractivity contribution in [1.82, 2.24) is 15.2 Å². The van der Waals surface area contributed by atoms with E-state index in [1.54, 1.807) is 6.07 Å². The van der Waals surface area contributed by atoms with Gasteiger partial charge in [0.05, 0.1) is 13.3 Å². The first-order chi connectivity index (χ1) is 11.2. The maximum atomic E-state index is 12.5. The average Bonchev–Trinajstić information content (AvgIpc) is 3.28. The van der Waals surface area contributed by atoms with Crippen molar-refractivity contribution in [3.05, 3.63) is 29.8 Å². The van der Waals surface area contributed by atoms with E-state index in [4.69, 9.17) is 9.15 Å². The molecule has 2 aromatic heterocycles. The van der Waals surface area contributed by atoms with Gasteiger partial charge in [0.25, 0.3) is 5.91 Å². The predicted octanol–water partition coefficient (Wildman–Crippen LogP) is 1.05. The zero-order valence-corrected chi connectivity index (χ0v) is 12.7. The first-order valence-electron chi connectivity index (χ1n) is 7.64. The number of pyridine rings is 1. The summed E-state index contributed by atoms with van der Waals surface area (Å²) >= 11 is 0. The first kappa shape index (κ1) is 14.2. The van der Waals surface area contributed by atoms with Gasteiger partial charge in [0.1, 0.15) is 17.5 Å². The third kappa shape index (κ3) is 2.37. The molecular formula is C16H17N3O4. The molecule has 120 valence electrons. The number of methoxy groups -OCH3 is 1. The summed E-state index contributed by atoms with van der Waals surface area (Å²) in [5.74, 6) is -0.188. The minimum absolute atomic E-state index is 0.179. The fourth-order valence-corrected chi connectivity index (χ4v) is 3.52. The number of carbonyl (C=O) groups is 2. The van der Waals surface area contributed by atoms with Gasteiger partial charge in [-0.1, -0.05) is 0 Å². The van der Waals surface area contributed by atoms with Crippen LogP contribution in [0.5, 0.6) is 0 Å². The van der Waals surface area contributed by atoms with Gasteiger partial charge < -0.3 is 19.4 Å². The summed E-state index contributed by atoms with van der Waals surface area (Å²) in [6.45, 7) is 3.09. The van der Waals surface area contributed by atoms with E-state index >= 15 is 0 Å². The number of rotatable bonds is 3. The van der Waals surface area contributed by atoms with Gasteiger partial charge in [-0.2, -0.15) is 0 Å². The van der Waals surface area contributed by atoms with Gasteiger partial charge in [-0.25, -0.2) is 9.78 Å². The predicted molar refractivity (Wildman–Crippen MR) is 81.1 cm³/mol. The molecule has 2 aromatic rings. The highest BCUT2D eigenvalue weighted by Crippen LogP contribution is 2.28. The minimum atomic E-state index is -0.498. The largest absolute Gasteiger partial charge is 0.465 e. The second-order valence-corrected chi connectivity index (χ2v) is 6.09. The lowest BCUT2D eigenvalue weighted by Gasteiger charge is -2.22. The number of hydrogen-bond donors (Lipinski definition) is 1. The Morgan fingerprint density at radius 2 is 2.30 bits per heavy atom. The highest BCUT2D eigenvalue weighted by atomic mass is 16.5. The third-order valence-corrected chi connectivity index (χ3v) is 4.75. The number of carbonyl (C=O) groups excluding carboxylic acids is 2. The molecule has 7 heteroatoms. The zero-order valence-electron chi connectivity index (χ0n) is 12.7. The van der Waals surface area contributed by atoms with E-state index in [0.29, 0.717) is 22.5 Å². The van der Waals surface area contributed by atoms with Crippen molar-refractivity contribution in [3.8, 4) is 0 Å². The van der Waals surface area contributed by atoms with E-state index in [-0.39, 0.29) is 17.6 Å². The van der Waals surface area contributed by atoms with Gasteiger partial charge >= 0.3 is 5.97 Å². The summed E-state index contributed by atoms with van der Waals surface area (Å²) in [6.07, 6.45) is 3.91. The number of amides is 1. The number of nitrogens with one attached hydrogen (secondary N) is 1. The lowest BCUT2D eigenvalue weighted by atomic mass is 10.00. The van der Waals surface area contributed by atoms with Gasteiger partial charge in [-0.15, -0.1) is 0 Å². The molecule has 23 heavy (non-hydrogen) atoms. The van der Waals surface area contributed by atoms with Crippen LogP contribution in [0.2, 0.25) is 0 Å². The summed E-state index contributed by atoms with van der Waals surface area (Å²) < 4.78 is 10.00.